The second-order valence-corrected chi connectivity index (χ2v) is 11.8. The SMILES string of the molecule is CC1(Nc2cc(F)c(S(=O)(=O)c3nc(OC(N)=O)cs3)c(F)c2Br)CN(Cc2ccccc2)C1. The van der Waals surface area contributed by atoms with Crippen LogP contribution in [0.5, 0.6) is 5.88 Å². The lowest BCUT2D eigenvalue weighted by Gasteiger charge is -2.49. The number of hydrogen-bond acceptors (Lipinski definition) is 8. The Morgan fingerprint density at radius 1 is 1.32 bits per heavy atom. The van der Waals surface area contributed by atoms with E-state index in [0.29, 0.717) is 24.4 Å². The number of primary amides is 1. The van der Waals surface area contributed by atoms with Crippen molar-refractivity contribution in [2.24, 2.45) is 5.73 Å². The molecule has 8 nitrogen and oxygen atoms in total. The van der Waals surface area contributed by atoms with Crippen LogP contribution in [0.25, 0.3) is 0 Å². The molecule has 0 unspecified atom stereocenters. The number of likely N-dealkylation sites (tertiary alicyclic amines) is 1. The number of carbonyl (C=O) groups excluding carboxylic acids is 1. The van der Waals surface area contributed by atoms with Gasteiger partial charge in [0.05, 0.1) is 21.1 Å². The van der Waals surface area contributed by atoms with Crippen molar-refractivity contribution in [3.8, 4) is 5.88 Å². The Hall–Kier alpha value is -2.61. The molecule has 13 heteroatoms. The van der Waals surface area contributed by atoms with Gasteiger partial charge in [0, 0.05) is 19.6 Å². The van der Waals surface area contributed by atoms with Gasteiger partial charge in [0.15, 0.2) is 5.82 Å². The van der Waals surface area contributed by atoms with Crippen molar-refractivity contribution in [1.82, 2.24) is 9.88 Å². The minimum Gasteiger partial charge on any atom is -0.390 e. The van der Waals surface area contributed by atoms with E-state index in [1.807, 2.05) is 37.3 Å². The van der Waals surface area contributed by atoms with Crippen LogP contribution in [-0.4, -0.2) is 43.0 Å². The highest BCUT2D eigenvalue weighted by Gasteiger charge is 2.40. The summed E-state index contributed by atoms with van der Waals surface area (Å²) in [5.74, 6) is -2.95. The lowest BCUT2D eigenvalue weighted by Crippen LogP contribution is -2.63. The summed E-state index contributed by atoms with van der Waals surface area (Å²) >= 11 is 3.60. The average Bonchev–Trinajstić information content (AvgIpc) is 3.20. The largest absolute Gasteiger partial charge is 0.411 e. The second-order valence-electron chi connectivity index (χ2n) is 8.06. The molecule has 1 aliphatic heterocycles. The standard InChI is InChI=1S/C21H19BrF2N4O4S2/c1-21(10-28(11-21)8-12-5-3-2-4-6-12)27-14-7-13(23)18(17(24)16(14)22)34(30,31)20-26-15(9-33-20)32-19(25)29/h2-7,9,27H,8,10-11H2,1H3,(H2,25,29). The highest BCUT2D eigenvalue weighted by atomic mass is 79.9. The number of nitrogens with one attached hydrogen (secondary N) is 1. The first kappa shape index (κ1) is 24.5. The number of aromatic nitrogens is 1. The lowest BCUT2D eigenvalue weighted by atomic mass is 9.91. The molecule has 2 heterocycles. The quantitative estimate of drug-likeness (QED) is 0.408. The van der Waals surface area contributed by atoms with Crippen LogP contribution in [0.3, 0.4) is 0 Å². The van der Waals surface area contributed by atoms with Crippen molar-refractivity contribution in [2.45, 2.75) is 28.2 Å². The molecule has 0 spiro atoms. The van der Waals surface area contributed by atoms with E-state index in [4.69, 9.17) is 5.73 Å². The van der Waals surface area contributed by atoms with E-state index in [2.05, 4.69) is 35.9 Å². The van der Waals surface area contributed by atoms with E-state index in [9.17, 15) is 17.6 Å². The number of halogens is 3. The number of nitrogens with zero attached hydrogens (tertiary/aromatic N) is 2. The fourth-order valence-electron chi connectivity index (χ4n) is 3.82. The van der Waals surface area contributed by atoms with Crippen molar-refractivity contribution in [3.63, 3.8) is 0 Å². The molecule has 0 atom stereocenters. The molecule has 0 saturated carbocycles. The van der Waals surface area contributed by atoms with E-state index in [0.717, 1.165) is 23.6 Å². The molecule has 3 aromatic rings. The van der Waals surface area contributed by atoms with Gasteiger partial charge in [-0.1, -0.05) is 30.3 Å². The smallest absolute Gasteiger partial charge is 0.390 e. The Labute approximate surface area is 206 Å². The topological polar surface area (TPSA) is 115 Å². The Bertz CT molecular complexity index is 1350. The Morgan fingerprint density at radius 2 is 2.00 bits per heavy atom. The zero-order valence-electron chi connectivity index (χ0n) is 17.7. The van der Waals surface area contributed by atoms with Crippen LogP contribution in [0.1, 0.15) is 12.5 Å². The predicted octanol–water partition coefficient (Wildman–Crippen LogP) is 4.16. The monoisotopic (exact) mass is 572 g/mol. The minimum absolute atomic E-state index is 0.0905. The number of nitrogens with two attached hydrogens (primary N) is 1. The molecular formula is C21H19BrF2N4O4S2. The fraction of sp³-hybridized carbons (Fsp3) is 0.238. The maximum absolute atomic E-state index is 15.1. The van der Waals surface area contributed by atoms with Gasteiger partial charge in [-0.15, -0.1) is 11.3 Å². The summed E-state index contributed by atoms with van der Waals surface area (Å²) in [4.78, 5) is 15.4. The van der Waals surface area contributed by atoms with E-state index in [1.54, 1.807) is 0 Å². The van der Waals surface area contributed by atoms with Crippen LogP contribution in [0.15, 0.2) is 55.5 Å². The zero-order chi connectivity index (χ0) is 24.7. The first-order valence-corrected chi connectivity index (χ1v) is 13.0. The minimum atomic E-state index is -4.67. The van der Waals surface area contributed by atoms with E-state index >= 15 is 4.39 Å². The summed E-state index contributed by atoms with van der Waals surface area (Å²) in [5, 5.41) is 4.21. The highest BCUT2D eigenvalue weighted by Crippen LogP contribution is 2.38. The number of rotatable bonds is 7. The van der Waals surface area contributed by atoms with Gasteiger partial charge in [0.1, 0.15) is 10.7 Å². The van der Waals surface area contributed by atoms with Crippen LogP contribution >= 0.6 is 27.3 Å². The number of anilines is 1. The van der Waals surface area contributed by atoms with Gasteiger partial charge in [0.2, 0.25) is 20.1 Å². The first-order valence-electron chi connectivity index (χ1n) is 9.88. The van der Waals surface area contributed by atoms with Crippen LogP contribution in [0.2, 0.25) is 0 Å². The van der Waals surface area contributed by atoms with Crippen molar-refractivity contribution < 1.29 is 26.7 Å². The average molecular weight is 573 g/mol. The summed E-state index contributed by atoms with van der Waals surface area (Å²) < 4.78 is 59.4. The molecule has 34 heavy (non-hydrogen) atoms. The third kappa shape index (κ3) is 4.92. The second kappa shape index (κ2) is 9.21. The molecule has 1 amide bonds. The zero-order valence-corrected chi connectivity index (χ0v) is 20.9. The highest BCUT2D eigenvalue weighted by molar-refractivity contribution is 9.10. The summed E-state index contributed by atoms with van der Waals surface area (Å²) in [6.45, 7) is 3.91. The summed E-state index contributed by atoms with van der Waals surface area (Å²) in [6.07, 6.45) is -1.20. The molecule has 0 aliphatic carbocycles. The lowest BCUT2D eigenvalue weighted by molar-refractivity contribution is 0.0905. The third-order valence-electron chi connectivity index (χ3n) is 5.11. The molecule has 1 saturated heterocycles. The van der Waals surface area contributed by atoms with Crippen LogP contribution in [0, 0.1) is 11.6 Å². The van der Waals surface area contributed by atoms with Gasteiger partial charge in [-0.2, -0.15) is 4.98 Å². The van der Waals surface area contributed by atoms with E-state index < -0.39 is 42.3 Å². The van der Waals surface area contributed by atoms with E-state index in [1.165, 1.54) is 0 Å². The normalized spacial score (nSPS) is 15.5. The number of ether oxygens (including phenoxy) is 1. The van der Waals surface area contributed by atoms with Crippen molar-refractivity contribution in [2.75, 3.05) is 18.4 Å². The Morgan fingerprint density at radius 3 is 2.65 bits per heavy atom. The van der Waals surface area contributed by atoms with Gasteiger partial charge < -0.3 is 15.8 Å². The van der Waals surface area contributed by atoms with Crippen LogP contribution in [-0.2, 0) is 16.4 Å². The maximum Gasteiger partial charge on any atom is 0.411 e. The van der Waals surface area contributed by atoms with Gasteiger partial charge in [-0.05, 0) is 34.5 Å². The molecule has 0 radical (unpaired) electrons. The van der Waals surface area contributed by atoms with Crippen LogP contribution < -0.4 is 15.8 Å². The number of amides is 1. The molecule has 2 aromatic carbocycles. The molecule has 1 aromatic heterocycles. The predicted molar refractivity (Wildman–Crippen MR) is 126 cm³/mol. The Kier molecular flexibility index (Phi) is 6.64. The number of benzene rings is 2. The van der Waals surface area contributed by atoms with Gasteiger partial charge in [-0.25, -0.2) is 22.0 Å². The van der Waals surface area contributed by atoms with E-state index in [-0.39, 0.29) is 16.0 Å². The number of hydrogen-bond donors (Lipinski definition) is 2. The van der Waals surface area contributed by atoms with Crippen molar-refractivity contribution in [1.29, 1.82) is 0 Å². The van der Waals surface area contributed by atoms with Gasteiger partial charge in [-0.3, -0.25) is 4.90 Å². The van der Waals surface area contributed by atoms with Crippen LogP contribution in [0.4, 0.5) is 19.3 Å². The number of sulfone groups is 1. The molecule has 180 valence electrons. The molecule has 3 N–H and O–H groups in total. The fourth-order valence-corrected chi connectivity index (χ4v) is 6.75. The maximum atomic E-state index is 15.1. The summed E-state index contributed by atoms with van der Waals surface area (Å²) in [5.41, 5.74) is 5.65. The van der Waals surface area contributed by atoms with Gasteiger partial charge in [0.25, 0.3) is 0 Å². The molecular weight excluding hydrogens is 554 g/mol. The summed E-state index contributed by atoms with van der Waals surface area (Å²) in [6, 6.07) is 10.8. The molecule has 1 fully saturated rings. The van der Waals surface area contributed by atoms with Crippen molar-refractivity contribution in [3.05, 3.63) is 63.4 Å². The molecule has 0 bridgehead atoms. The molecule has 1 aliphatic rings. The first-order chi connectivity index (χ1) is 16.0. The Balaban J connectivity index is 1.54. The van der Waals surface area contributed by atoms with Crippen molar-refractivity contribution >= 4 is 48.9 Å². The number of carbonyl (C=O) groups is 1. The number of thiazole rings is 1. The van der Waals surface area contributed by atoms with Gasteiger partial charge >= 0.3 is 6.09 Å². The molecule has 4 rings (SSSR count). The third-order valence-corrected chi connectivity index (χ3v) is 8.91. The summed E-state index contributed by atoms with van der Waals surface area (Å²) in [7, 11) is -4.67.